The van der Waals surface area contributed by atoms with E-state index in [1.54, 1.807) is 4.90 Å². The van der Waals surface area contributed by atoms with E-state index in [4.69, 9.17) is 5.26 Å². The summed E-state index contributed by atoms with van der Waals surface area (Å²) in [6.45, 7) is 0. The van der Waals surface area contributed by atoms with Gasteiger partial charge in [-0.1, -0.05) is 36.4 Å². The molecule has 2 rings (SSSR count). The maximum absolute atomic E-state index is 12.2. The van der Waals surface area contributed by atoms with Gasteiger partial charge >= 0.3 is 0 Å². The van der Waals surface area contributed by atoms with E-state index in [0.29, 0.717) is 0 Å². The highest BCUT2D eigenvalue weighted by atomic mass is 16.2. The lowest BCUT2D eigenvalue weighted by Crippen LogP contribution is -2.23. The van der Waals surface area contributed by atoms with Crippen LogP contribution in [0.15, 0.2) is 72.8 Å². The van der Waals surface area contributed by atoms with Crippen molar-refractivity contribution in [3.8, 4) is 6.07 Å². The molecule has 0 atom stereocenters. The van der Waals surface area contributed by atoms with Crippen LogP contribution in [0.5, 0.6) is 0 Å². The van der Waals surface area contributed by atoms with Gasteiger partial charge in [0.1, 0.15) is 0 Å². The molecule has 0 fully saturated rings. The van der Waals surface area contributed by atoms with Crippen molar-refractivity contribution in [3.05, 3.63) is 72.8 Å². The number of carbonyl (C=O) groups is 1. The number of anilines is 2. The zero-order chi connectivity index (χ0) is 13.5. The van der Waals surface area contributed by atoms with Gasteiger partial charge in [-0.15, -0.1) is 0 Å². The molecule has 0 bridgehead atoms. The normalized spacial score (nSPS) is 10.1. The second-order valence-electron chi connectivity index (χ2n) is 3.81. The number of allylic oxidation sites excluding steroid dienone is 1. The van der Waals surface area contributed by atoms with Gasteiger partial charge in [0.15, 0.2) is 0 Å². The molecule has 92 valence electrons. The van der Waals surface area contributed by atoms with Crippen molar-refractivity contribution in [2.75, 3.05) is 4.90 Å². The summed E-state index contributed by atoms with van der Waals surface area (Å²) in [5.41, 5.74) is 1.53. The summed E-state index contributed by atoms with van der Waals surface area (Å²) in [6.07, 6.45) is 2.45. The third-order valence-electron chi connectivity index (χ3n) is 2.55. The highest BCUT2D eigenvalue weighted by Gasteiger charge is 2.14. The first-order chi connectivity index (χ1) is 9.33. The Hall–Kier alpha value is -2.86. The van der Waals surface area contributed by atoms with E-state index < -0.39 is 0 Å². The first kappa shape index (κ1) is 12.6. The molecule has 1 amide bonds. The number of nitrogens with zero attached hydrogens (tertiary/aromatic N) is 2. The lowest BCUT2D eigenvalue weighted by atomic mass is 10.2. The third-order valence-corrected chi connectivity index (χ3v) is 2.55. The second kappa shape index (κ2) is 6.18. The van der Waals surface area contributed by atoms with Crippen LogP contribution in [-0.2, 0) is 4.79 Å². The molecule has 0 saturated carbocycles. The van der Waals surface area contributed by atoms with E-state index in [1.807, 2.05) is 66.7 Å². The van der Waals surface area contributed by atoms with E-state index in [0.717, 1.165) is 11.4 Å². The molecule has 0 aliphatic carbocycles. The van der Waals surface area contributed by atoms with Crippen molar-refractivity contribution in [1.82, 2.24) is 0 Å². The molecule has 0 N–H and O–H groups in total. The van der Waals surface area contributed by atoms with Gasteiger partial charge in [-0.05, 0) is 24.3 Å². The average Bonchev–Trinajstić information content (AvgIpc) is 2.47. The number of rotatable bonds is 3. The van der Waals surface area contributed by atoms with Crippen molar-refractivity contribution < 1.29 is 4.79 Å². The van der Waals surface area contributed by atoms with Crippen molar-refractivity contribution >= 4 is 17.3 Å². The Bertz CT molecular complexity index is 573. The molecule has 0 unspecified atom stereocenters. The van der Waals surface area contributed by atoms with Crippen LogP contribution in [0.4, 0.5) is 11.4 Å². The predicted octanol–water partition coefficient (Wildman–Crippen LogP) is 3.43. The summed E-state index contributed by atoms with van der Waals surface area (Å²) in [7, 11) is 0. The van der Waals surface area contributed by atoms with Gasteiger partial charge in [0, 0.05) is 23.5 Å². The zero-order valence-corrected chi connectivity index (χ0v) is 10.2. The molecule has 0 heterocycles. The van der Waals surface area contributed by atoms with Crippen LogP contribution >= 0.6 is 0 Å². The quantitative estimate of drug-likeness (QED) is 0.617. The average molecular weight is 248 g/mol. The first-order valence-corrected chi connectivity index (χ1v) is 5.83. The number of para-hydroxylation sites is 2. The first-order valence-electron chi connectivity index (χ1n) is 5.83. The summed E-state index contributed by atoms with van der Waals surface area (Å²) < 4.78 is 0. The molecule has 0 aliphatic rings. The largest absolute Gasteiger partial charge is 0.278 e. The lowest BCUT2D eigenvalue weighted by molar-refractivity contribution is -0.113. The maximum atomic E-state index is 12.2. The van der Waals surface area contributed by atoms with Crippen LogP contribution in [-0.4, -0.2) is 5.91 Å². The van der Waals surface area contributed by atoms with Gasteiger partial charge in [-0.3, -0.25) is 9.69 Å². The van der Waals surface area contributed by atoms with Crippen LogP contribution in [0, 0.1) is 11.3 Å². The smallest absolute Gasteiger partial charge is 0.256 e. The summed E-state index contributed by atoms with van der Waals surface area (Å²) in [6, 6.07) is 20.5. The number of amides is 1. The predicted molar refractivity (Wildman–Crippen MR) is 74.8 cm³/mol. The molecule has 0 aromatic heterocycles. The van der Waals surface area contributed by atoms with E-state index >= 15 is 0 Å². The van der Waals surface area contributed by atoms with Crippen LogP contribution in [0.2, 0.25) is 0 Å². The van der Waals surface area contributed by atoms with Crippen LogP contribution in [0.3, 0.4) is 0 Å². The lowest BCUT2D eigenvalue weighted by Gasteiger charge is -2.21. The summed E-state index contributed by atoms with van der Waals surface area (Å²) >= 11 is 0. The molecule has 19 heavy (non-hydrogen) atoms. The van der Waals surface area contributed by atoms with E-state index in [9.17, 15) is 4.79 Å². The SMILES string of the molecule is N#CC=CC(=O)N(c1ccccc1)c1ccccc1. The minimum absolute atomic E-state index is 0.251. The Labute approximate surface area is 112 Å². The van der Waals surface area contributed by atoms with Gasteiger partial charge in [-0.25, -0.2) is 0 Å². The summed E-state index contributed by atoms with van der Waals surface area (Å²) in [5, 5.41) is 8.53. The van der Waals surface area contributed by atoms with Gasteiger partial charge in [0.05, 0.1) is 6.07 Å². The van der Waals surface area contributed by atoms with Crippen molar-refractivity contribution in [2.45, 2.75) is 0 Å². The van der Waals surface area contributed by atoms with Crippen molar-refractivity contribution in [3.63, 3.8) is 0 Å². The van der Waals surface area contributed by atoms with Crippen LogP contribution in [0.25, 0.3) is 0 Å². The van der Waals surface area contributed by atoms with Crippen molar-refractivity contribution in [2.24, 2.45) is 0 Å². The second-order valence-corrected chi connectivity index (χ2v) is 3.81. The van der Waals surface area contributed by atoms with Crippen LogP contribution < -0.4 is 4.90 Å². The molecule has 0 spiro atoms. The van der Waals surface area contributed by atoms with E-state index in [2.05, 4.69) is 0 Å². The van der Waals surface area contributed by atoms with Gasteiger partial charge in [0.25, 0.3) is 5.91 Å². The number of benzene rings is 2. The number of carbonyl (C=O) groups excluding carboxylic acids is 1. The Morgan fingerprint density at radius 1 is 0.947 bits per heavy atom. The van der Waals surface area contributed by atoms with Gasteiger partial charge < -0.3 is 0 Å². The van der Waals surface area contributed by atoms with E-state index in [-0.39, 0.29) is 5.91 Å². The molecule has 3 nitrogen and oxygen atoms in total. The highest BCUT2D eigenvalue weighted by molar-refractivity contribution is 6.07. The number of hydrogen-bond donors (Lipinski definition) is 0. The molecular weight excluding hydrogens is 236 g/mol. The zero-order valence-electron chi connectivity index (χ0n) is 10.2. The Balaban J connectivity index is 2.43. The minimum atomic E-state index is -0.251. The topological polar surface area (TPSA) is 44.1 Å². The Kier molecular flexibility index (Phi) is 4.09. The molecule has 2 aromatic carbocycles. The Morgan fingerprint density at radius 2 is 1.42 bits per heavy atom. The molecule has 0 aliphatic heterocycles. The molecule has 3 heteroatoms. The van der Waals surface area contributed by atoms with Gasteiger partial charge in [0.2, 0.25) is 0 Å². The fourth-order valence-electron chi connectivity index (χ4n) is 1.74. The number of hydrogen-bond acceptors (Lipinski definition) is 2. The maximum Gasteiger partial charge on any atom is 0.256 e. The molecule has 2 aromatic rings. The fraction of sp³-hybridized carbons (Fsp3) is 0. The number of nitriles is 1. The van der Waals surface area contributed by atoms with E-state index in [1.165, 1.54) is 12.2 Å². The fourth-order valence-corrected chi connectivity index (χ4v) is 1.74. The highest BCUT2D eigenvalue weighted by Crippen LogP contribution is 2.25. The van der Waals surface area contributed by atoms with Gasteiger partial charge in [-0.2, -0.15) is 5.26 Å². The summed E-state index contributed by atoms with van der Waals surface area (Å²) in [5.74, 6) is -0.251. The van der Waals surface area contributed by atoms with Crippen LogP contribution in [0.1, 0.15) is 0 Å². The van der Waals surface area contributed by atoms with Crippen molar-refractivity contribution in [1.29, 1.82) is 5.26 Å². The summed E-state index contributed by atoms with van der Waals surface area (Å²) in [4.78, 5) is 13.8. The minimum Gasteiger partial charge on any atom is -0.278 e. The standard InChI is InChI=1S/C16H12N2O/c17-13-7-12-16(19)18(14-8-3-1-4-9-14)15-10-5-2-6-11-15/h1-12H. The molecule has 0 radical (unpaired) electrons. The molecular formula is C16H12N2O. The molecule has 0 saturated heterocycles. The third kappa shape index (κ3) is 3.08. The monoisotopic (exact) mass is 248 g/mol. The Morgan fingerprint density at radius 3 is 1.84 bits per heavy atom.